The molecule has 0 aromatic carbocycles. The zero-order valence-electron chi connectivity index (χ0n) is 33.2. The van der Waals surface area contributed by atoms with Gasteiger partial charge in [-0.3, -0.25) is 9.59 Å². The summed E-state index contributed by atoms with van der Waals surface area (Å²) < 4.78 is 12.4. The number of rotatable bonds is 31. The van der Waals surface area contributed by atoms with Gasteiger partial charge in [0, 0.05) is 13.0 Å². The summed E-state index contributed by atoms with van der Waals surface area (Å²) in [7, 11) is 0. The lowest BCUT2D eigenvalue weighted by molar-refractivity contribution is -0.149. The Morgan fingerprint density at radius 2 is 1.24 bits per heavy atom. The van der Waals surface area contributed by atoms with Crippen molar-refractivity contribution in [2.75, 3.05) is 51.0 Å². The lowest BCUT2D eigenvalue weighted by Crippen LogP contribution is -2.42. The number of hydrogen-bond acceptors (Lipinski definition) is 8. The molecular formula is C43H79NO5S2. The fourth-order valence-electron chi connectivity index (χ4n) is 8.76. The summed E-state index contributed by atoms with van der Waals surface area (Å²) in [5.41, 5.74) is 0.244. The van der Waals surface area contributed by atoms with Gasteiger partial charge in [0.25, 0.3) is 0 Å². The topological polar surface area (TPSA) is 76.1 Å². The Bertz CT molecular complexity index is 871. The molecule has 51 heavy (non-hydrogen) atoms. The number of nitrogens with zero attached hydrogens (tertiary/aromatic N) is 1. The molecule has 1 heterocycles. The van der Waals surface area contributed by atoms with Gasteiger partial charge in [-0.05, 0) is 144 Å². The monoisotopic (exact) mass is 754 g/mol. The Morgan fingerprint density at radius 3 is 1.78 bits per heavy atom. The lowest BCUT2D eigenvalue weighted by Gasteiger charge is -2.46. The van der Waals surface area contributed by atoms with Crippen LogP contribution in [0.25, 0.3) is 0 Å². The highest BCUT2D eigenvalue weighted by atomic mass is 32.2. The van der Waals surface area contributed by atoms with Gasteiger partial charge in [-0.25, -0.2) is 0 Å². The zero-order valence-corrected chi connectivity index (χ0v) is 34.9. The van der Waals surface area contributed by atoms with Crippen LogP contribution in [0.15, 0.2) is 0 Å². The second-order valence-electron chi connectivity index (χ2n) is 16.6. The third-order valence-corrected chi connectivity index (χ3v) is 15.6. The van der Waals surface area contributed by atoms with E-state index in [1.54, 1.807) is 0 Å². The maximum atomic E-state index is 13.1. The largest absolute Gasteiger partial charge is 0.466 e. The van der Waals surface area contributed by atoms with Crippen LogP contribution in [0.3, 0.4) is 0 Å². The minimum atomic E-state index is -0.0511. The number of esters is 2. The highest BCUT2D eigenvalue weighted by Crippen LogP contribution is 2.52. The SMILES string of the molecule is CCCCCCCCSC(CCC(=O)OCCC1(CCOC(=O)CC23CCC(CC2)CC3)CCN(CCCCO)CC1)SCCCCCCCC. The number of aliphatic hydroxyl groups is 1. The van der Waals surface area contributed by atoms with E-state index in [1.165, 1.54) is 127 Å². The summed E-state index contributed by atoms with van der Waals surface area (Å²) in [4.78, 5) is 28.6. The molecular weight excluding hydrogens is 675 g/mol. The summed E-state index contributed by atoms with van der Waals surface area (Å²) in [6.07, 6.45) is 31.1. The lowest BCUT2D eigenvalue weighted by atomic mass is 9.59. The van der Waals surface area contributed by atoms with Gasteiger partial charge in [0.1, 0.15) is 0 Å². The van der Waals surface area contributed by atoms with Gasteiger partial charge in [0.05, 0.1) is 24.2 Å². The van der Waals surface area contributed by atoms with Crippen LogP contribution in [0.5, 0.6) is 0 Å². The molecule has 1 saturated heterocycles. The van der Waals surface area contributed by atoms with Gasteiger partial charge in [-0.1, -0.05) is 78.1 Å². The molecule has 4 aliphatic rings. The van der Waals surface area contributed by atoms with E-state index in [-0.39, 0.29) is 29.4 Å². The smallest absolute Gasteiger partial charge is 0.306 e. The first-order valence-corrected chi connectivity index (χ1v) is 23.9. The summed E-state index contributed by atoms with van der Waals surface area (Å²) in [5, 5.41) is 9.23. The fraction of sp³-hybridized carbons (Fsp3) is 0.953. The minimum absolute atomic E-state index is 0.00310. The Hall–Kier alpha value is -0.440. The number of hydrogen-bond donors (Lipinski definition) is 1. The summed E-state index contributed by atoms with van der Waals surface area (Å²) >= 11 is 4.15. The predicted octanol–water partition coefficient (Wildman–Crippen LogP) is 11.4. The zero-order chi connectivity index (χ0) is 36.5. The van der Waals surface area contributed by atoms with Gasteiger partial charge in [0.2, 0.25) is 0 Å². The number of ether oxygens (including phenoxy) is 2. The molecule has 0 radical (unpaired) electrons. The minimum Gasteiger partial charge on any atom is -0.466 e. The number of aliphatic hydroxyl groups excluding tert-OH is 1. The van der Waals surface area contributed by atoms with E-state index in [9.17, 15) is 14.7 Å². The van der Waals surface area contributed by atoms with Crippen LogP contribution >= 0.6 is 23.5 Å². The third-order valence-electron chi connectivity index (χ3n) is 12.5. The molecule has 8 heteroatoms. The molecule has 0 aromatic rings. The van der Waals surface area contributed by atoms with Gasteiger partial charge in [0.15, 0.2) is 0 Å². The second kappa shape index (κ2) is 27.2. The molecule has 1 aliphatic heterocycles. The molecule has 298 valence electrons. The van der Waals surface area contributed by atoms with Crippen molar-refractivity contribution in [1.29, 1.82) is 0 Å². The predicted molar refractivity (Wildman–Crippen MR) is 219 cm³/mol. The second-order valence-corrected chi connectivity index (χ2v) is 19.5. The molecule has 4 rings (SSSR count). The number of fused-ring (bicyclic) bond motifs is 3. The van der Waals surface area contributed by atoms with Crippen molar-refractivity contribution < 1.29 is 24.2 Å². The van der Waals surface area contributed by atoms with E-state index in [0.717, 1.165) is 70.5 Å². The van der Waals surface area contributed by atoms with E-state index in [2.05, 4.69) is 42.3 Å². The van der Waals surface area contributed by atoms with Gasteiger partial charge < -0.3 is 19.5 Å². The molecule has 0 atom stereocenters. The van der Waals surface area contributed by atoms with E-state index in [0.29, 0.717) is 30.6 Å². The molecule has 1 N–H and O–H groups in total. The van der Waals surface area contributed by atoms with Crippen LogP contribution in [0.2, 0.25) is 0 Å². The standard InChI is InChI=1S/C43H79NO5S2/c1-3-5-7-9-11-15-35-50-41(51-36-16-12-10-8-6-4-2)18-17-39(46)48-33-27-42(25-30-44(31-26-42)29-13-14-32-45)28-34-49-40(47)37-43-22-19-38(20-23-43)21-24-43/h38,41,45H,3-37H2,1-2H3. The number of unbranched alkanes of at least 4 members (excludes halogenated alkanes) is 11. The number of piperidine rings is 1. The number of likely N-dealkylation sites (tertiary alicyclic amines) is 1. The van der Waals surface area contributed by atoms with Gasteiger partial charge in [-0.15, -0.1) is 23.5 Å². The van der Waals surface area contributed by atoms with Crippen LogP contribution < -0.4 is 0 Å². The maximum Gasteiger partial charge on any atom is 0.306 e. The van der Waals surface area contributed by atoms with Crippen LogP contribution in [0.4, 0.5) is 0 Å². The normalized spacial score (nSPS) is 21.7. The average molecular weight is 754 g/mol. The summed E-state index contributed by atoms with van der Waals surface area (Å²) in [6, 6.07) is 0. The molecule has 2 bridgehead atoms. The molecule has 0 unspecified atom stereocenters. The van der Waals surface area contributed by atoms with Crippen LogP contribution in [-0.2, 0) is 19.1 Å². The summed E-state index contributed by atoms with van der Waals surface area (Å²) in [6.45, 7) is 8.81. The average Bonchev–Trinajstić information content (AvgIpc) is 3.14. The van der Waals surface area contributed by atoms with E-state index in [1.807, 2.05) is 0 Å². The Kier molecular flexibility index (Phi) is 24.0. The number of carbonyl (C=O) groups excluding carboxylic acids is 2. The van der Waals surface area contributed by atoms with Crippen LogP contribution in [0.1, 0.15) is 187 Å². The van der Waals surface area contributed by atoms with Gasteiger partial charge in [-0.2, -0.15) is 0 Å². The molecule has 3 aliphatic carbocycles. The van der Waals surface area contributed by atoms with Crippen molar-refractivity contribution in [3.05, 3.63) is 0 Å². The quantitative estimate of drug-likeness (QED) is 0.0426. The number of carbonyl (C=O) groups is 2. The molecule has 6 nitrogen and oxygen atoms in total. The summed E-state index contributed by atoms with van der Waals surface area (Å²) in [5.74, 6) is 3.23. The fourth-order valence-corrected chi connectivity index (χ4v) is 11.6. The van der Waals surface area contributed by atoms with E-state index >= 15 is 0 Å². The van der Waals surface area contributed by atoms with Gasteiger partial charge >= 0.3 is 11.9 Å². The van der Waals surface area contributed by atoms with Crippen LogP contribution in [0, 0.1) is 16.7 Å². The Labute approximate surface area is 322 Å². The van der Waals surface area contributed by atoms with Crippen molar-refractivity contribution in [1.82, 2.24) is 4.90 Å². The number of thioether (sulfide) groups is 2. The van der Waals surface area contributed by atoms with Crippen molar-refractivity contribution >= 4 is 35.5 Å². The first kappa shape index (κ1) is 45.0. The van der Waals surface area contributed by atoms with E-state index in [4.69, 9.17) is 9.47 Å². The van der Waals surface area contributed by atoms with Crippen LogP contribution in [-0.4, -0.2) is 77.5 Å². The molecule has 0 aromatic heterocycles. The Morgan fingerprint density at radius 1 is 0.706 bits per heavy atom. The van der Waals surface area contributed by atoms with Crippen molar-refractivity contribution in [2.45, 2.75) is 192 Å². The highest BCUT2D eigenvalue weighted by Gasteiger charge is 2.42. The molecule has 3 saturated carbocycles. The van der Waals surface area contributed by atoms with Crippen molar-refractivity contribution in [3.8, 4) is 0 Å². The molecule has 0 spiro atoms. The highest BCUT2D eigenvalue weighted by molar-refractivity contribution is 8.17. The Balaban J connectivity index is 1.42. The molecule has 0 amide bonds. The van der Waals surface area contributed by atoms with E-state index < -0.39 is 0 Å². The third kappa shape index (κ3) is 19.1. The first-order chi connectivity index (χ1) is 24.9. The first-order valence-electron chi connectivity index (χ1n) is 21.8. The molecule has 4 fully saturated rings. The van der Waals surface area contributed by atoms with Crippen molar-refractivity contribution in [2.24, 2.45) is 16.7 Å². The van der Waals surface area contributed by atoms with Crippen molar-refractivity contribution in [3.63, 3.8) is 0 Å². The maximum absolute atomic E-state index is 13.1.